The van der Waals surface area contributed by atoms with Crippen LogP contribution in [0.1, 0.15) is 35.6 Å². The monoisotopic (exact) mass is 404 g/mol. The van der Waals surface area contributed by atoms with E-state index in [1.165, 1.54) is 18.5 Å². The van der Waals surface area contributed by atoms with E-state index >= 15 is 0 Å². The standard InChI is InChI=1S/C21H24N8O/c1-30-7-6-22-21-23-11-15(8-13-2-5-16-18(9-13)25-12-24-16)20(27-21)26-19-10-17(28-29-19)14-3-4-14/h2,5,9-12,14H,3-4,6-8H2,1H3,(H,24,25)(H3,22,23,26,27,28,29). The van der Waals surface area contributed by atoms with Crippen molar-refractivity contribution >= 4 is 28.6 Å². The first-order valence-electron chi connectivity index (χ1n) is 10.1. The van der Waals surface area contributed by atoms with Gasteiger partial charge in [-0.1, -0.05) is 6.07 Å². The molecule has 154 valence electrons. The average molecular weight is 404 g/mol. The van der Waals surface area contributed by atoms with Gasteiger partial charge in [0.25, 0.3) is 0 Å². The predicted octanol–water partition coefficient (Wildman–Crippen LogP) is 3.35. The molecule has 1 aliphatic rings. The lowest BCUT2D eigenvalue weighted by atomic mass is 10.1. The lowest BCUT2D eigenvalue weighted by molar-refractivity contribution is 0.210. The summed E-state index contributed by atoms with van der Waals surface area (Å²) in [5.74, 6) is 2.67. The molecule has 3 heterocycles. The molecule has 4 N–H and O–H groups in total. The number of benzene rings is 1. The van der Waals surface area contributed by atoms with E-state index in [2.05, 4.69) is 54.0 Å². The van der Waals surface area contributed by atoms with Gasteiger partial charge in [-0.05, 0) is 30.5 Å². The fourth-order valence-electron chi connectivity index (χ4n) is 3.43. The molecule has 9 nitrogen and oxygen atoms in total. The number of fused-ring (bicyclic) bond motifs is 1. The van der Waals surface area contributed by atoms with E-state index < -0.39 is 0 Å². The van der Waals surface area contributed by atoms with E-state index in [4.69, 9.17) is 9.72 Å². The highest BCUT2D eigenvalue weighted by Gasteiger charge is 2.25. The van der Waals surface area contributed by atoms with E-state index in [1.54, 1.807) is 13.4 Å². The highest BCUT2D eigenvalue weighted by molar-refractivity contribution is 5.75. The van der Waals surface area contributed by atoms with E-state index in [0.717, 1.165) is 33.8 Å². The van der Waals surface area contributed by atoms with E-state index in [1.807, 2.05) is 12.3 Å². The molecule has 4 aromatic rings. The first-order chi connectivity index (χ1) is 14.8. The van der Waals surface area contributed by atoms with Crippen LogP contribution in [0.15, 0.2) is 36.8 Å². The minimum Gasteiger partial charge on any atom is -0.383 e. The van der Waals surface area contributed by atoms with Gasteiger partial charge in [-0.3, -0.25) is 5.10 Å². The molecule has 1 fully saturated rings. The number of H-pyrrole nitrogens is 2. The molecular formula is C21H24N8O. The van der Waals surface area contributed by atoms with Crippen LogP contribution in [0, 0.1) is 0 Å². The molecule has 0 radical (unpaired) electrons. The Labute approximate surface area is 173 Å². The molecule has 0 bridgehead atoms. The SMILES string of the molecule is COCCNc1ncc(Cc2ccc3[nH]cnc3c2)c(Nc2cc(C3CC3)[nH]n2)n1. The largest absolute Gasteiger partial charge is 0.383 e. The highest BCUT2D eigenvalue weighted by Crippen LogP contribution is 2.39. The van der Waals surface area contributed by atoms with Crippen molar-refractivity contribution < 1.29 is 4.74 Å². The Balaban J connectivity index is 1.41. The summed E-state index contributed by atoms with van der Waals surface area (Å²) in [6.07, 6.45) is 6.70. The number of anilines is 3. The van der Waals surface area contributed by atoms with E-state index in [-0.39, 0.29) is 0 Å². The van der Waals surface area contributed by atoms with E-state index in [9.17, 15) is 0 Å². The Hall–Kier alpha value is -3.46. The van der Waals surface area contributed by atoms with E-state index in [0.29, 0.717) is 31.4 Å². The number of hydrogen-bond acceptors (Lipinski definition) is 7. The molecule has 0 spiro atoms. The van der Waals surface area contributed by atoms with Crippen LogP contribution in [0.4, 0.5) is 17.6 Å². The summed E-state index contributed by atoms with van der Waals surface area (Å²) in [4.78, 5) is 16.6. The summed E-state index contributed by atoms with van der Waals surface area (Å²) < 4.78 is 5.10. The summed E-state index contributed by atoms with van der Waals surface area (Å²) in [6, 6.07) is 8.29. The normalized spacial score (nSPS) is 13.6. The summed E-state index contributed by atoms with van der Waals surface area (Å²) in [5, 5.41) is 14.1. The predicted molar refractivity (Wildman–Crippen MR) is 115 cm³/mol. The van der Waals surface area contributed by atoms with Gasteiger partial charge >= 0.3 is 0 Å². The van der Waals surface area contributed by atoms with Gasteiger partial charge in [0.15, 0.2) is 5.82 Å². The number of nitrogens with zero attached hydrogens (tertiary/aromatic N) is 4. The fourth-order valence-corrected chi connectivity index (χ4v) is 3.43. The van der Waals surface area contributed by atoms with Crippen LogP contribution in [0.2, 0.25) is 0 Å². The highest BCUT2D eigenvalue weighted by atomic mass is 16.5. The second-order valence-corrected chi connectivity index (χ2v) is 7.53. The van der Waals surface area contributed by atoms with Crippen LogP contribution in [-0.4, -0.2) is 50.4 Å². The molecular weight excluding hydrogens is 380 g/mol. The van der Waals surface area contributed by atoms with Gasteiger partial charge in [0.2, 0.25) is 5.95 Å². The Morgan fingerprint density at radius 2 is 2.13 bits per heavy atom. The summed E-state index contributed by atoms with van der Waals surface area (Å²) in [6.45, 7) is 1.22. The van der Waals surface area contributed by atoms with Gasteiger partial charge in [-0.25, -0.2) is 9.97 Å². The number of imidazole rings is 1. The molecule has 30 heavy (non-hydrogen) atoms. The third-order valence-electron chi connectivity index (χ3n) is 5.20. The van der Waals surface area contributed by atoms with Crippen molar-refractivity contribution in [3.63, 3.8) is 0 Å². The van der Waals surface area contributed by atoms with Crippen molar-refractivity contribution in [3.8, 4) is 0 Å². The number of ether oxygens (including phenoxy) is 1. The number of nitrogens with one attached hydrogen (secondary N) is 4. The minimum atomic E-state index is 0.555. The molecule has 0 saturated heterocycles. The maximum atomic E-state index is 5.10. The zero-order valence-electron chi connectivity index (χ0n) is 16.8. The second kappa shape index (κ2) is 8.11. The molecule has 1 aromatic carbocycles. The first kappa shape index (κ1) is 18.6. The van der Waals surface area contributed by atoms with Crippen molar-refractivity contribution in [2.45, 2.75) is 25.2 Å². The second-order valence-electron chi connectivity index (χ2n) is 7.53. The first-order valence-corrected chi connectivity index (χ1v) is 10.1. The molecule has 0 atom stereocenters. The van der Waals surface area contributed by atoms with Crippen LogP contribution < -0.4 is 10.6 Å². The maximum Gasteiger partial charge on any atom is 0.224 e. The van der Waals surface area contributed by atoms with Crippen molar-refractivity contribution in [2.75, 3.05) is 30.9 Å². The lowest BCUT2D eigenvalue weighted by Crippen LogP contribution is -2.12. The number of aromatic nitrogens is 6. The fraction of sp³-hybridized carbons (Fsp3) is 0.333. The third kappa shape index (κ3) is 4.11. The van der Waals surface area contributed by atoms with Gasteiger partial charge in [-0.15, -0.1) is 0 Å². The Kier molecular flexibility index (Phi) is 5.02. The Morgan fingerprint density at radius 1 is 1.20 bits per heavy atom. The molecule has 1 saturated carbocycles. The third-order valence-corrected chi connectivity index (χ3v) is 5.20. The Morgan fingerprint density at radius 3 is 3.00 bits per heavy atom. The van der Waals surface area contributed by atoms with Crippen molar-refractivity contribution in [3.05, 3.63) is 53.6 Å². The van der Waals surface area contributed by atoms with Gasteiger partial charge in [0, 0.05) is 49.5 Å². The van der Waals surface area contributed by atoms with Crippen LogP contribution in [0.3, 0.4) is 0 Å². The van der Waals surface area contributed by atoms with Gasteiger partial charge in [0.05, 0.1) is 24.0 Å². The van der Waals surface area contributed by atoms with Gasteiger partial charge < -0.3 is 20.4 Å². The maximum absolute atomic E-state index is 5.10. The molecule has 9 heteroatoms. The molecule has 0 unspecified atom stereocenters. The van der Waals surface area contributed by atoms with Crippen LogP contribution in [0.5, 0.6) is 0 Å². The minimum absolute atomic E-state index is 0.555. The number of hydrogen-bond donors (Lipinski definition) is 4. The molecule has 1 aliphatic carbocycles. The van der Waals surface area contributed by atoms with Crippen LogP contribution in [0.25, 0.3) is 11.0 Å². The number of methoxy groups -OCH3 is 1. The lowest BCUT2D eigenvalue weighted by Gasteiger charge is -2.12. The zero-order valence-corrected chi connectivity index (χ0v) is 16.8. The quantitative estimate of drug-likeness (QED) is 0.316. The number of aromatic amines is 2. The summed E-state index contributed by atoms with van der Waals surface area (Å²) in [5.41, 5.74) is 5.27. The van der Waals surface area contributed by atoms with Crippen molar-refractivity contribution in [1.82, 2.24) is 30.1 Å². The summed E-state index contributed by atoms with van der Waals surface area (Å²) >= 11 is 0. The van der Waals surface area contributed by atoms with Crippen molar-refractivity contribution in [2.24, 2.45) is 0 Å². The number of rotatable bonds is 9. The van der Waals surface area contributed by atoms with Gasteiger partial charge in [0.1, 0.15) is 5.82 Å². The molecule has 0 aliphatic heterocycles. The topological polar surface area (TPSA) is 116 Å². The molecule has 3 aromatic heterocycles. The zero-order chi connectivity index (χ0) is 20.3. The van der Waals surface area contributed by atoms with Crippen LogP contribution >= 0.6 is 0 Å². The smallest absolute Gasteiger partial charge is 0.224 e. The molecule has 5 rings (SSSR count). The Bertz CT molecular complexity index is 1150. The van der Waals surface area contributed by atoms with Gasteiger partial charge in [-0.2, -0.15) is 10.1 Å². The summed E-state index contributed by atoms with van der Waals surface area (Å²) in [7, 11) is 1.67. The molecule has 0 amide bonds. The average Bonchev–Trinajstić information content (AvgIpc) is 3.32. The van der Waals surface area contributed by atoms with Crippen molar-refractivity contribution in [1.29, 1.82) is 0 Å². The van der Waals surface area contributed by atoms with Crippen LogP contribution in [-0.2, 0) is 11.2 Å².